The number of allylic oxidation sites excluding steroid dienone is 1. The van der Waals surface area contributed by atoms with Gasteiger partial charge in [0.2, 0.25) is 5.28 Å². The lowest BCUT2D eigenvalue weighted by Crippen LogP contribution is -2.29. The number of hydrogen-bond donors (Lipinski definition) is 2. The standard InChI is InChI=1S/C17H16BrClN4OS/c18-12-13-15(25-14(12)10-5-1-2-6-11(10)20)16(23-17(19)22-13)21-8-9-4-3-7-24-9/h1-4,7,10-11H,5-6,8,20H2,(H,21,22,23)/t10-,11-/m1/s1. The fourth-order valence-corrected chi connectivity index (χ4v) is 5.43. The van der Waals surface area contributed by atoms with E-state index in [1.807, 2.05) is 12.1 Å². The van der Waals surface area contributed by atoms with E-state index < -0.39 is 0 Å². The van der Waals surface area contributed by atoms with Gasteiger partial charge in [0.15, 0.2) is 0 Å². The highest BCUT2D eigenvalue weighted by Crippen LogP contribution is 2.45. The number of nitrogens with two attached hydrogens (primary N) is 1. The largest absolute Gasteiger partial charge is 0.467 e. The van der Waals surface area contributed by atoms with Gasteiger partial charge in [-0.1, -0.05) is 12.2 Å². The van der Waals surface area contributed by atoms with Crippen LogP contribution in [0.2, 0.25) is 5.28 Å². The molecule has 0 bridgehead atoms. The first-order valence-corrected chi connectivity index (χ1v) is 9.94. The third kappa shape index (κ3) is 3.33. The number of fused-ring (bicyclic) bond motifs is 1. The third-order valence-electron chi connectivity index (χ3n) is 4.30. The van der Waals surface area contributed by atoms with Gasteiger partial charge in [-0.05, 0) is 52.5 Å². The number of furan rings is 1. The Bertz CT molecular complexity index is 925. The highest BCUT2D eigenvalue weighted by atomic mass is 79.9. The number of rotatable bonds is 4. The van der Waals surface area contributed by atoms with Crippen molar-refractivity contribution in [1.29, 1.82) is 0 Å². The Labute approximate surface area is 162 Å². The third-order valence-corrected chi connectivity index (χ3v) is 6.86. The summed E-state index contributed by atoms with van der Waals surface area (Å²) in [6.07, 6.45) is 7.82. The Hall–Kier alpha value is -1.41. The maximum Gasteiger partial charge on any atom is 0.225 e. The molecule has 3 N–H and O–H groups in total. The molecule has 5 nitrogen and oxygen atoms in total. The summed E-state index contributed by atoms with van der Waals surface area (Å²) in [6, 6.07) is 3.88. The summed E-state index contributed by atoms with van der Waals surface area (Å²) in [5.74, 6) is 1.82. The molecule has 4 rings (SSSR count). The summed E-state index contributed by atoms with van der Waals surface area (Å²) in [4.78, 5) is 9.98. The fraction of sp³-hybridized carbons (Fsp3) is 0.294. The monoisotopic (exact) mass is 438 g/mol. The maximum absolute atomic E-state index is 6.34. The Morgan fingerprint density at radius 2 is 2.20 bits per heavy atom. The quantitative estimate of drug-likeness (QED) is 0.438. The molecule has 0 saturated carbocycles. The van der Waals surface area contributed by atoms with E-state index in [9.17, 15) is 0 Å². The van der Waals surface area contributed by atoms with Crippen molar-refractivity contribution >= 4 is 54.9 Å². The number of thiophene rings is 1. The number of nitrogens with one attached hydrogen (secondary N) is 1. The molecule has 1 aliphatic carbocycles. The second-order valence-electron chi connectivity index (χ2n) is 5.95. The Balaban J connectivity index is 1.73. The van der Waals surface area contributed by atoms with Crippen molar-refractivity contribution in [3.63, 3.8) is 0 Å². The van der Waals surface area contributed by atoms with Gasteiger partial charge in [-0.2, -0.15) is 4.98 Å². The average molecular weight is 440 g/mol. The summed E-state index contributed by atoms with van der Waals surface area (Å²) in [5.41, 5.74) is 7.16. The predicted octanol–water partition coefficient (Wildman–Crippen LogP) is 5.07. The van der Waals surface area contributed by atoms with Gasteiger partial charge in [0, 0.05) is 16.8 Å². The van der Waals surface area contributed by atoms with Crippen molar-refractivity contribution in [3.05, 3.63) is 50.9 Å². The van der Waals surface area contributed by atoms with E-state index in [-0.39, 0.29) is 17.2 Å². The lowest BCUT2D eigenvalue weighted by molar-refractivity contribution is 0.518. The molecule has 3 heterocycles. The molecular weight excluding hydrogens is 424 g/mol. The molecule has 1 aliphatic rings. The molecule has 3 aromatic heterocycles. The minimum Gasteiger partial charge on any atom is -0.467 e. The Morgan fingerprint density at radius 1 is 1.36 bits per heavy atom. The van der Waals surface area contributed by atoms with Crippen molar-refractivity contribution < 1.29 is 4.42 Å². The van der Waals surface area contributed by atoms with Gasteiger partial charge in [0.25, 0.3) is 0 Å². The number of nitrogens with zero attached hydrogens (tertiary/aromatic N) is 2. The van der Waals surface area contributed by atoms with E-state index in [4.69, 9.17) is 21.8 Å². The van der Waals surface area contributed by atoms with Crippen molar-refractivity contribution in [1.82, 2.24) is 9.97 Å². The fourth-order valence-electron chi connectivity index (χ4n) is 3.02. The molecule has 8 heteroatoms. The average Bonchev–Trinajstić information content (AvgIpc) is 3.22. The van der Waals surface area contributed by atoms with Crippen LogP contribution in [0.3, 0.4) is 0 Å². The van der Waals surface area contributed by atoms with Crippen LogP contribution in [0.25, 0.3) is 10.2 Å². The molecule has 130 valence electrons. The number of halogens is 2. The highest BCUT2D eigenvalue weighted by molar-refractivity contribution is 9.10. The molecule has 25 heavy (non-hydrogen) atoms. The molecule has 2 atom stereocenters. The van der Waals surface area contributed by atoms with Gasteiger partial charge >= 0.3 is 0 Å². The Morgan fingerprint density at radius 3 is 2.96 bits per heavy atom. The van der Waals surface area contributed by atoms with Crippen LogP contribution in [0.5, 0.6) is 0 Å². The molecule has 0 fully saturated rings. The van der Waals surface area contributed by atoms with Crippen LogP contribution in [0.15, 0.2) is 39.4 Å². The van der Waals surface area contributed by atoms with Crippen molar-refractivity contribution in [2.75, 3.05) is 5.32 Å². The molecule has 0 unspecified atom stereocenters. The zero-order valence-corrected chi connectivity index (χ0v) is 16.4. The number of hydrogen-bond acceptors (Lipinski definition) is 6. The first kappa shape index (κ1) is 17.0. The SMILES string of the molecule is N[C@@H]1CC=CC[C@H]1c1sc2c(NCc3ccco3)nc(Cl)nc2c1Br. The molecule has 0 radical (unpaired) electrons. The lowest BCUT2D eigenvalue weighted by atomic mass is 9.88. The van der Waals surface area contributed by atoms with Crippen molar-refractivity contribution in [2.45, 2.75) is 31.3 Å². The van der Waals surface area contributed by atoms with E-state index in [2.05, 4.69) is 43.4 Å². The molecule has 0 aromatic carbocycles. The maximum atomic E-state index is 6.34. The molecule has 0 amide bonds. The minimum absolute atomic E-state index is 0.109. The van der Waals surface area contributed by atoms with E-state index in [1.165, 1.54) is 4.88 Å². The van der Waals surface area contributed by atoms with Gasteiger partial charge < -0.3 is 15.5 Å². The smallest absolute Gasteiger partial charge is 0.225 e. The van der Waals surface area contributed by atoms with Crippen LogP contribution in [-0.4, -0.2) is 16.0 Å². The van der Waals surface area contributed by atoms with Gasteiger partial charge in [-0.3, -0.25) is 0 Å². The van der Waals surface area contributed by atoms with E-state index >= 15 is 0 Å². The van der Waals surface area contributed by atoms with E-state index in [1.54, 1.807) is 17.6 Å². The minimum atomic E-state index is 0.109. The van der Waals surface area contributed by atoms with Gasteiger partial charge in [0.05, 0.1) is 22.0 Å². The van der Waals surface area contributed by atoms with Crippen LogP contribution < -0.4 is 11.1 Å². The normalized spacial score (nSPS) is 20.3. The van der Waals surface area contributed by atoms with Crippen LogP contribution in [0.4, 0.5) is 5.82 Å². The topological polar surface area (TPSA) is 77.0 Å². The summed E-state index contributed by atoms with van der Waals surface area (Å²) in [7, 11) is 0. The molecule has 3 aromatic rings. The van der Waals surface area contributed by atoms with E-state index in [0.717, 1.165) is 33.3 Å². The second-order valence-corrected chi connectivity index (χ2v) is 8.13. The van der Waals surface area contributed by atoms with Gasteiger partial charge in [-0.15, -0.1) is 11.3 Å². The van der Waals surface area contributed by atoms with Crippen LogP contribution in [0.1, 0.15) is 29.4 Å². The van der Waals surface area contributed by atoms with Gasteiger partial charge in [-0.25, -0.2) is 4.98 Å². The molecular formula is C17H16BrClN4OS. The predicted molar refractivity (Wildman–Crippen MR) is 105 cm³/mol. The van der Waals surface area contributed by atoms with E-state index in [0.29, 0.717) is 12.4 Å². The summed E-state index contributed by atoms with van der Waals surface area (Å²) in [5, 5.41) is 3.52. The number of anilines is 1. The zero-order valence-electron chi connectivity index (χ0n) is 13.2. The van der Waals surface area contributed by atoms with Crippen molar-refractivity contribution in [3.8, 4) is 0 Å². The summed E-state index contributed by atoms with van der Waals surface area (Å²) >= 11 is 11.5. The molecule has 0 aliphatic heterocycles. The molecule has 0 saturated heterocycles. The summed E-state index contributed by atoms with van der Waals surface area (Å²) < 4.78 is 7.30. The van der Waals surface area contributed by atoms with Crippen LogP contribution >= 0.6 is 38.9 Å². The van der Waals surface area contributed by atoms with Crippen LogP contribution in [-0.2, 0) is 6.54 Å². The molecule has 0 spiro atoms. The van der Waals surface area contributed by atoms with Crippen LogP contribution in [0, 0.1) is 0 Å². The summed E-state index contributed by atoms with van der Waals surface area (Å²) in [6.45, 7) is 0.534. The van der Waals surface area contributed by atoms with Gasteiger partial charge in [0.1, 0.15) is 17.1 Å². The Kier molecular flexibility index (Phi) is 4.82. The zero-order chi connectivity index (χ0) is 17.4. The first-order chi connectivity index (χ1) is 12.1. The number of aromatic nitrogens is 2. The highest BCUT2D eigenvalue weighted by Gasteiger charge is 2.27. The second kappa shape index (κ2) is 7.07. The van der Waals surface area contributed by atoms with Crippen molar-refractivity contribution in [2.24, 2.45) is 5.73 Å². The lowest BCUT2D eigenvalue weighted by Gasteiger charge is -2.24. The first-order valence-electron chi connectivity index (χ1n) is 7.95.